The molecule has 4 fully saturated rings. The van der Waals surface area contributed by atoms with Crippen molar-refractivity contribution < 1.29 is 79.2 Å². The number of fused-ring (bicyclic) bond motifs is 5. The Balaban J connectivity index is 1.27. The Kier molecular flexibility index (Phi) is 20.4. The molecule has 67 heavy (non-hydrogen) atoms. The predicted octanol–water partition coefficient (Wildman–Crippen LogP) is 1.34. The first kappa shape index (κ1) is 55.2. The average Bonchev–Trinajstić information content (AvgIpc) is 3.59. The van der Waals surface area contributed by atoms with Crippen LogP contribution < -0.4 is 10.6 Å². The zero-order valence-corrected chi connectivity index (χ0v) is 39.2. The third-order valence-corrected chi connectivity index (χ3v) is 16.1. The summed E-state index contributed by atoms with van der Waals surface area (Å²) in [6, 6.07) is -2.45. The minimum Gasteiger partial charge on any atom is -0.480 e. The van der Waals surface area contributed by atoms with E-state index >= 15 is 0 Å². The smallest absolute Gasteiger partial charge is 0.326 e. The first-order chi connectivity index (χ1) is 31.5. The molecule has 4 aliphatic carbocycles. The van der Waals surface area contributed by atoms with Crippen molar-refractivity contribution in [1.82, 2.24) is 25.3 Å². The van der Waals surface area contributed by atoms with Gasteiger partial charge in [-0.3, -0.25) is 48.3 Å². The Morgan fingerprint density at radius 3 is 1.78 bits per heavy atom. The number of nitrogens with one attached hydrogen (secondary N) is 2. The highest BCUT2D eigenvalue weighted by atomic mass is 16.4. The van der Waals surface area contributed by atoms with Crippen molar-refractivity contribution in [2.24, 2.45) is 46.3 Å². The van der Waals surface area contributed by atoms with Crippen LogP contribution in [0, 0.1) is 46.3 Å². The van der Waals surface area contributed by atoms with Crippen molar-refractivity contribution >= 4 is 47.6 Å². The van der Waals surface area contributed by atoms with E-state index in [1.807, 2.05) is 6.92 Å². The number of carboxylic acid groups (broad SMARTS) is 6. The van der Waals surface area contributed by atoms with Crippen molar-refractivity contribution in [1.29, 1.82) is 0 Å². The van der Waals surface area contributed by atoms with Gasteiger partial charge in [0.25, 0.3) is 0 Å². The lowest BCUT2D eigenvalue weighted by Gasteiger charge is -2.63. The van der Waals surface area contributed by atoms with Gasteiger partial charge in [-0.1, -0.05) is 33.6 Å². The lowest BCUT2D eigenvalue weighted by atomic mass is 9.43. The second-order valence-corrected chi connectivity index (χ2v) is 20.2. The molecule has 4 aliphatic rings. The van der Waals surface area contributed by atoms with Crippen molar-refractivity contribution in [3.63, 3.8) is 0 Å². The number of carboxylic acids is 6. The van der Waals surface area contributed by atoms with Crippen LogP contribution in [0.15, 0.2) is 0 Å². The molecule has 0 spiro atoms. The maximum absolute atomic E-state index is 13.0. The first-order valence-corrected chi connectivity index (χ1v) is 23.9. The molecule has 0 aromatic rings. The molecule has 0 bridgehead atoms. The van der Waals surface area contributed by atoms with Crippen LogP contribution >= 0.6 is 0 Å². The van der Waals surface area contributed by atoms with Gasteiger partial charge in [0.15, 0.2) is 0 Å². The molecule has 0 aliphatic heterocycles. The number of rotatable bonds is 29. The summed E-state index contributed by atoms with van der Waals surface area (Å²) in [5, 5.41) is 86.1. The van der Waals surface area contributed by atoms with Crippen molar-refractivity contribution in [3.8, 4) is 0 Å². The Morgan fingerprint density at radius 1 is 0.672 bits per heavy atom. The van der Waals surface area contributed by atoms with E-state index in [-0.39, 0.29) is 99.8 Å². The fraction of sp³-hybridized carbons (Fsp3) is 0.826. The molecule has 0 aromatic heterocycles. The van der Waals surface area contributed by atoms with Gasteiger partial charge >= 0.3 is 35.8 Å². The van der Waals surface area contributed by atoms with Crippen LogP contribution in [0.2, 0.25) is 0 Å². The Bertz CT molecular complexity index is 1700. The fourth-order valence-corrected chi connectivity index (χ4v) is 12.8. The number of nitrogens with zero attached hydrogens (tertiary/aromatic N) is 3. The van der Waals surface area contributed by atoms with Gasteiger partial charge in [0, 0.05) is 45.6 Å². The summed E-state index contributed by atoms with van der Waals surface area (Å²) in [5.41, 5.74) is -0.421. The highest BCUT2D eigenvalue weighted by Crippen LogP contribution is 2.68. The quantitative estimate of drug-likeness (QED) is 0.0473. The van der Waals surface area contributed by atoms with Crippen molar-refractivity contribution in [3.05, 3.63) is 0 Å². The van der Waals surface area contributed by atoms with Crippen LogP contribution in [-0.2, 0) is 38.4 Å². The number of aliphatic carboxylic acids is 6. The number of unbranched alkanes of at least 4 members (excludes halogenated alkanes) is 1. The van der Waals surface area contributed by atoms with Gasteiger partial charge in [-0.2, -0.15) is 0 Å². The molecule has 10 N–H and O–H groups in total. The van der Waals surface area contributed by atoms with Crippen LogP contribution in [0.5, 0.6) is 0 Å². The van der Waals surface area contributed by atoms with Gasteiger partial charge in [-0.05, 0) is 111 Å². The molecule has 380 valence electrons. The number of hydrogen-bond acceptors (Lipinski definition) is 13. The maximum Gasteiger partial charge on any atom is 0.326 e. The van der Waals surface area contributed by atoms with Crippen LogP contribution in [0.1, 0.15) is 111 Å². The van der Waals surface area contributed by atoms with E-state index < -0.39 is 104 Å². The molecule has 5 unspecified atom stereocenters. The second kappa shape index (κ2) is 24.7. The minimum absolute atomic E-state index is 0.000861. The largest absolute Gasteiger partial charge is 0.480 e. The second-order valence-electron chi connectivity index (χ2n) is 20.2. The van der Waals surface area contributed by atoms with Crippen molar-refractivity contribution in [2.45, 2.75) is 135 Å². The van der Waals surface area contributed by atoms with Gasteiger partial charge in [0.1, 0.15) is 12.1 Å². The number of carbonyl (C=O) groups excluding carboxylic acids is 2. The third kappa shape index (κ3) is 14.8. The molecular formula is C46H75N5O16. The molecule has 21 nitrogen and oxygen atoms in total. The van der Waals surface area contributed by atoms with Crippen LogP contribution in [0.3, 0.4) is 0 Å². The van der Waals surface area contributed by atoms with Gasteiger partial charge in [-0.25, -0.2) is 4.79 Å². The summed E-state index contributed by atoms with van der Waals surface area (Å²) >= 11 is 0. The standard InChI is InChI=1S/C46H75N5O16/c1-27(29-10-11-30-42-31(22-35(53)46(29,30)3)45(2)14-6-4-8-28(45)21-34(42)52)20-32(43(64)65)48-37(55)13-12-36(54)47-15-7-5-9-33(44(66)67)51(18-16-49(23-38(56)57)24-39(58)59)19-17-50(25-40(60)61)26-41(62)63/h27-35,42,52-53H,4-26H2,1-3H3,(H,47,54)(H,48,55)(H,56,57)(H,58,59)(H,60,61)(H,62,63)(H,64,65)(H,66,67)/t27-,28?,29-,30+,31+,32?,33?,34?,35?,42+,45+,46-/m1/s1. The van der Waals surface area contributed by atoms with E-state index in [0.717, 1.165) is 48.3 Å². The molecular weight excluding hydrogens is 879 g/mol. The van der Waals surface area contributed by atoms with E-state index in [2.05, 4.69) is 24.5 Å². The molecule has 21 heteroatoms. The van der Waals surface area contributed by atoms with Gasteiger partial charge in [-0.15, -0.1) is 0 Å². The fourth-order valence-electron chi connectivity index (χ4n) is 12.8. The van der Waals surface area contributed by atoms with E-state index in [1.54, 1.807) is 0 Å². The molecule has 0 radical (unpaired) electrons. The molecule has 0 saturated heterocycles. The summed E-state index contributed by atoms with van der Waals surface area (Å²) < 4.78 is 0. The SMILES string of the molecule is C[C@H](CC(NC(=O)CCC(=O)NCCCCC(C(=O)O)N(CCN(CC(=O)O)CC(=O)O)CCN(CC(=O)O)CC(=O)O)C(=O)O)[C@H]1CC[C@H]2[C@@H]3C(O)CC4CCCC[C@]4(C)[C@H]3CC(O)[C@]12C. The predicted molar refractivity (Wildman–Crippen MR) is 238 cm³/mol. The summed E-state index contributed by atoms with van der Waals surface area (Å²) in [5.74, 6) is -8.17. The Morgan fingerprint density at radius 2 is 1.24 bits per heavy atom. The monoisotopic (exact) mass is 954 g/mol. The molecule has 2 amide bonds. The highest BCUT2D eigenvalue weighted by molar-refractivity contribution is 5.87. The Hall–Kier alpha value is -4.44. The van der Waals surface area contributed by atoms with Crippen molar-refractivity contribution in [2.75, 3.05) is 58.9 Å². The summed E-state index contributed by atoms with van der Waals surface area (Å²) in [6.07, 6.45) is 6.71. The summed E-state index contributed by atoms with van der Waals surface area (Å²) in [6.45, 7) is 3.26. The lowest BCUT2D eigenvalue weighted by Crippen LogP contribution is -2.61. The molecule has 0 heterocycles. The Labute approximate surface area is 391 Å². The topological polar surface area (TPSA) is 332 Å². The number of hydrogen-bond donors (Lipinski definition) is 10. The number of aliphatic hydroxyl groups is 2. The van der Waals surface area contributed by atoms with Crippen LogP contribution in [-0.4, -0.2) is 186 Å². The third-order valence-electron chi connectivity index (χ3n) is 16.1. The molecule has 4 saturated carbocycles. The summed E-state index contributed by atoms with van der Waals surface area (Å²) in [4.78, 5) is 99.6. The van der Waals surface area contributed by atoms with E-state index in [9.17, 15) is 79.2 Å². The van der Waals surface area contributed by atoms with Gasteiger partial charge in [0.2, 0.25) is 11.8 Å². The summed E-state index contributed by atoms with van der Waals surface area (Å²) in [7, 11) is 0. The first-order valence-electron chi connectivity index (χ1n) is 23.9. The van der Waals surface area contributed by atoms with Crippen LogP contribution in [0.4, 0.5) is 0 Å². The average molecular weight is 954 g/mol. The highest BCUT2D eigenvalue weighted by Gasteiger charge is 2.65. The van der Waals surface area contributed by atoms with E-state index in [4.69, 9.17) is 0 Å². The number of carbonyl (C=O) groups is 8. The number of aliphatic hydroxyl groups excluding tert-OH is 2. The van der Waals surface area contributed by atoms with Gasteiger partial charge in [0.05, 0.1) is 38.4 Å². The molecule has 0 aromatic carbocycles. The van der Waals surface area contributed by atoms with Crippen LogP contribution in [0.25, 0.3) is 0 Å². The zero-order chi connectivity index (χ0) is 49.8. The van der Waals surface area contributed by atoms with E-state index in [0.29, 0.717) is 18.8 Å². The normalized spacial score (nSPS) is 29.2. The lowest BCUT2D eigenvalue weighted by molar-refractivity contribution is -0.201. The number of amides is 2. The minimum atomic E-state index is -1.31. The molecule has 4 rings (SSSR count). The van der Waals surface area contributed by atoms with Gasteiger partial charge < -0.3 is 51.5 Å². The zero-order valence-electron chi connectivity index (χ0n) is 39.2. The van der Waals surface area contributed by atoms with E-state index in [1.165, 1.54) is 11.3 Å². The molecule has 12 atom stereocenters. The maximum atomic E-state index is 13.0.